The van der Waals surface area contributed by atoms with Gasteiger partial charge in [-0.05, 0) is 25.1 Å². The lowest BCUT2D eigenvalue weighted by Crippen LogP contribution is -2.48. The van der Waals surface area contributed by atoms with Crippen molar-refractivity contribution in [1.29, 1.82) is 0 Å². The largest absolute Gasteiger partial charge is 0.369 e. The second-order valence-electron chi connectivity index (χ2n) is 4.20. The lowest BCUT2D eigenvalue weighted by Gasteiger charge is -2.37. The van der Waals surface area contributed by atoms with Crippen LogP contribution in [0.1, 0.15) is 6.92 Å². The first-order valence-electron chi connectivity index (χ1n) is 5.66. The van der Waals surface area contributed by atoms with E-state index in [0.29, 0.717) is 0 Å². The summed E-state index contributed by atoms with van der Waals surface area (Å²) in [5.74, 6) is -0.364. The molecule has 0 bridgehead atoms. The lowest BCUT2D eigenvalue weighted by atomic mass is 10.2. The van der Waals surface area contributed by atoms with E-state index in [0.717, 1.165) is 31.9 Å². The number of anilines is 1. The summed E-state index contributed by atoms with van der Waals surface area (Å²) in [6, 6.07) is 4.94. The number of hydrogen-bond acceptors (Lipinski definition) is 2. The number of alkyl halides is 1. The molecule has 2 nitrogen and oxygen atoms in total. The molecule has 5 heteroatoms. The lowest BCUT2D eigenvalue weighted by molar-refractivity contribution is 0.247. The summed E-state index contributed by atoms with van der Waals surface area (Å²) in [7, 11) is 0. The van der Waals surface area contributed by atoms with Crippen molar-refractivity contribution >= 4 is 28.9 Å². The molecule has 1 heterocycles. The van der Waals surface area contributed by atoms with Crippen LogP contribution in [0.4, 0.5) is 10.1 Å². The first kappa shape index (κ1) is 12.9. The number of halogens is 3. The number of hydrogen-bond donors (Lipinski definition) is 0. The van der Waals surface area contributed by atoms with Crippen LogP contribution in [0.2, 0.25) is 5.02 Å². The SMILES string of the molecule is CC(Cl)N1CCN(c2ccc(Cl)c(F)c2)CC1. The smallest absolute Gasteiger partial charge is 0.143 e. The van der Waals surface area contributed by atoms with Crippen molar-refractivity contribution in [2.24, 2.45) is 0 Å². The van der Waals surface area contributed by atoms with E-state index in [1.165, 1.54) is 6.07 Å². The van der Waals surface area contributed by atoms with Gasteiger partial charge in [-0.15, -0.1) is 11.6 Å². The van der Waals surface area contributed by atoms with E-state index in [9.17, 15) is 4.39 Å². The van der Waals surface area contributed by atoms with E-state index in [2.05, 4.69) is 9.80 Å². The van der Waals surface area contributed by atoms with Crippen LogP contribution in [0, 0.1) is 5.82 Å². The topological polar surface area (TPSA) is 6.48 Å². The summed E-state index contributed by atoms with van der Waals surface area (Å²) in [5.41, 5.74) is 0.938. The maximum atomic E-state index is 13.3. The van der Waals surface area contributed by atoms with Crippen molar-refractivity contribution < 1.29 is 4.39 Å². The van der Waals surface area contributed by atoms with Gasteiger partial charge in [-0.1, -0.05) is 11.6 Å². The molecule has 0 radical (unpaired) electrons. The highest BCUT2D eigenvalue weighted by molar-refractivity contribution is 6.30. The van der Waals surface area contributed by atoms with E-state index in [1.54, 1.807) is 6.07 Å². The van der Waals surface area contributed by atoms with Crippen molar-refractivity contribution in [3.05, 3.63) is 29.0 Å². The average molecular weight is 277 g/mol. The van der Waals surface area contributed by atoms with E-state index in [1.807, 2.05) is 13.0 Å². The molecule has 1 saturated heterocycles. The molecule has 1 unspecified atom stereocenters. The predicted molar refractivity (Wildman–Crippen MR) is 70.5 cm³/mol. The van der Waals surface area contributed by atoms with Gasteiger partial charge in [-0.2, -0.15) is 0 Å². The van der Waals surface area contributed by atoms with Crippen LogP contribution < -0.4 is 4.90 Å². The van der Waals surface area contributed by atoms with Crippen molar-refractivity contribution in [1.82, 2.24) is 4.90 Å². The van der Waals surface area contributed by atoms with Gasteiger partial charge in [0.1, 0.15) is 5.82 Å². The molecule has 0 aliphatic carbocycles. The number of benzene rings is 1. The first-order valence-corrected chi connectivity index (χ1v) is 6.47. The highest BCUT2D eigenvalue weighted by atomic mass is 35.5. The predicted octanol–water partition coefficient (Wildman–Crippen LogP) is 3.19. The minimum absolute atomic E-state index is 0.0547. The van der Waals surface area contributed by atoms with Gasteiger partial charge in [0.05, 0.1) is 10.5 Å². The summed E-state index contributed by atoms with van der Waals surface area (Å²) in [5, 5.41) is 0.168. The molecule has 0 N–H and O–H groups in total. The molecular weight excluding hydrogens is 262 g/mol. The minimum Gasteiger partial charge on any atom is -0.369 e. The van der Waals surface area contributed by atoms with Crippen molar-refractivity contribution in [3.63, 3.8) is 0 Å². The fourth-order valence-electron chi connectivity index (χ4n) is 2.02. The van der Waals surface area contributed by atoms with Crippen LogP contribution >= 0.6 is 23.2 Å². The molecule has 0 aromatic heterocycles. The zero-order valence-corrected chi connectivity index (χ0v) is 11.2. The maximum Gasteiger partial charge on any atom is 0.143 e. The van der Waals surface area contributed by atoms with E-state index in [4.69, 9.17) is 23.2 Å². The second kappa shape index (κ2) is 5.42. The fraction of sp³-hybridized carbons (Fsp3) is 0.500. The third-order valence-electron chi connectivity index (χ3n) is 3.09. The molecule has 1 aliphatic rings. The van der Waals surface area contributed by atoms with Gasteiger partial charge in [0, 0.05) is 31.9 Å². The normalized spacial score (nSPS) is 19.4. The highest BCUT2D eigenvalue weighted by Crippen LogP contribution is 2.23. The molecule has 0 saturated carbocycles. The maximum absolute atomic E-state index is 13.3. The molecular formula is C12H15Cl2FN2. The average Bonchev–Trinajstić information content (AvgIpc) is 2.33. The molecule has 0 spiro atoms. The quantitative estimate of drug-likeness (QED) is 0.605. The zero-order chi connectivity index (χ0) is 12.4. The van der Waals surface area contributed by atoms with Crippen molar-refractivity contribution in [2.45, 2.75) is 12.4 Å². The van der Waals surface area contributed by atoms with Crippen LogP contribution in [0.3, 0.4) is 0 Å². The zero-order valence-electron chi connectivity index (χ0n) is 9.67. The molecule has 1 aliphatic heterocycles. The summed E-state index contributed by atoms with van der Waals surface area (Å²) in [4.78, 5) is 4.35. The third kappa shape index (κ3) is 3.03. The Labute approximate surface area is 111 Å². The number of piperazine rings is 1. The van der Waals surface area contributed by atoms with Gasteiger partial charge >= 0.3 is 0 Å². The van der Waals surface area contributed by atoms with E-state index < -0.39 is 0 Å². The molecule has 94 valence electrons. The Morgan fingerprint density at radius 3 is 2.41 bits per heavy atom. The van der Waals surface area contributed by atoms with E-state index >= 15 is 0 Å². The Morgan fingerprint density at radius 2 is 1.88 bits per heavy atom. The van der Waals surface area contributed by atoms with E-state index in [-0.39, 0.29) is 16.3 Å². The van der Waals surface area contributed by atoms with Crippen LogP contribution in [-0.4, -0.2) is 36.6 Å². The molecule has 1 fully saturated rings. The Morgan fingerprint density at radius 1 is 1.24 bits per heavy atom. The molecule has 17 heavy (non-hydrogen) atoms. The van der Waals surface area contributed by atoms with Gasteiger partial charge in [-0.25, -0.2) is 4.39 Å². The number of nitrogens with zero attached hydrogens (tertiary/aromatic N) is 2. The summed E-state index contributed by atoms with van der Waals surface area (Å²) in [6.45, 7) is 5.49. The van der Waals surface area contributed by atoms with Gasteiger partial charge < -0.3 is 4.90 Å². The summed E-state index contributed by atoms with van der Waals surface area (Å²) in [6.07, 6.45) is 0. The van der Waals surface area contributed by atoms with Crippen molar-refractivity contribution in [3.8, 4) is 0 Å². The first-order chi connectivity index (χ1) is 8.08. The molecule has 1 atom stereocenters. The van der Waals surface area contributed by atoms with Crippen LogP contribution in [0.25, 0.3) is 0 Å². The summed E-state index contributed by atoms with van der Waals surface area (Å²) < 4.78 is 13.3. The molecule has 2 rings (SSSR count). The third-order valence-corrected chi connectivity index (χ3v) is 3.67. The Bertz CT molecular complexity index is 390. The summed E-state index contributed by atoms with van der Waals surface area (Å²) >= 11 is 11.7. The Kier molecular flexibility index (Phi) is 4.13. The molecule has 1 aromatic rings. The minimum atomic E-state index is -0.364. The second-order valence-corrected chi connectivity index (χ2v) is 5.23. The fourth-order valence-corrected chi connectivity index (χ4v) is 2.33. The van der Waals surface area contributed by atoms with Gasteiger partial charge in [-0.3, -0.25) is 4.90 Å². The van der Waals surface area contributed by atoms with Crippen molar-refractivity contribution in [2.75, 3.05) is 31.1 Å². The molecule has 0 amide bonds. The van der Waals surface area contributed by atoms with Crippen LogP contribution in [0.15, 0.2) is 18.2 Å². The van der Waals surface area contributed by atoms with Crippen LogP contribution in [0.5, 0.6) is 0 Å². The van der Waals surface area contributed by atoms with Gasteiger partial charge in [0.25, 0.3) is 0 Å². The standard InChI is InChI=1S/C12H15Cl2FN2/c1-9(13)16-4-6-17(7-5-16)10-2-3-11(14)12(15)8-10/h2-3,8-9H,4-7H2,1H3. The number of rotatable bonds is 2. The molecule has 1 aromatic carbocycles. The monoisotopic (exact) mass is 276 g/mol. The van der Waals surface area contributed by atoms with Gasteiger partial charge in [0.15, 0.2) is 0 Å². The van der Waals surface area contributed by atoms with Gasteiger partial charge in [0.2, 0.25) is 0 Å². The highest BCUT2D eigenvalue weighted by Gasteiger charge is 2.20. The Hall–Kier alpha value is -0.510. The Balaban J connectivity index is 2.03. The van der Waals surface area contributed by atoms with Crippen LogP contribution in [-0.2, 0) is 0 Å².